The minimum atomic E-state index is -0.241. The van der Waals surface area contributed by atoms with Crippen molar-refractivity contribution < 1.29 is 4.79 Å². The summed E-state index contributed by atoms with van der Waals surface area (Å²) >= 11 is 0. The first-order valence-corrected chi connectivity index (χ1v) is 3.29. The number of hydrogen-bond donors (Lipinski definition) is 1. The molecule has 2 heteroatoms. The lowest BCUT2D eigenvalue weighted by Gasteiger charge is -2.07. The number of rotatable bonds is 1. The fourth-order valence-electron chi connectivity index (χ4n) is 1.06. The van der Waals surface area contributed by atoms with E-state index in [0.717, 1.165) is 24.8 Å². The topological polar surface area (TPSA) is 43.1 Å². The van der Waals surface area contributed by atoms with Crippen molar-refractivity contribution in [1.82, 2.24) is 0 Å². The largest absolute Gasteiger partial charge is 0.366 e. The normalized spacial score (nSPS) is 18.9. The zero-order valence-corrected chi connectivity index (χ0v) is 5.39. The van der Waals surface area contributed by atoms with E-state index >= 15 is 0 Å². The van der Waals surface area contributed by atoms with Gasteiger partial charge in [0.1, 0.15) is 0 Å². The Balaban J connectivity index is 2.57. The predicted molar refractivity (Wildman–Crippen MR) is 35.7 cm³/mol. The molecule has 0 heterocycles. The Labute approximate surface area is 54.7 Å². The van der Waals surface area contributed by atoms with Crippen LogP contribution in [0.5, 0.6) is 0 Å². The second-order valence-corrected chi connectivity index (χ2v) is 2.34. The van der Waals surface area contributed by atoms with Gasteiger partial charge in [0.25, 0.3) is 0 Å². The summed E-state index contributed by atoms with van der Waals surface area (Å²) in [6, 6.07) is 0. The van der Waals surface area contributed by atoms with Crippen LogP contribution in [0.2, 0.25) is 0 Å². The molecule has 1 aliphatic carbocycles. The Morgan fingerprint density at radius 3 is 2.67 bits per heavy atom. The van der Waals surface area contributed by atoms with Gasteiger partial charge < -0.3 is 5.73 Å². The maximum atomic E-state index is 10.5. The molecule has 0 aromatic heterocycles. The highest BCUT2D eigenvalue weighted by Gasteiger charge is 2.06. The molecule has 2 nitrogen and oxygen atoms in total. The molecule has 1 rings (SSSR count). The van der Waals surface area contributed by atoms with E-state index in [1.807, 2.05) is 6.08 Å². The van der Waals surface area contributed by atoms with Crippen LogP contribution in [0, 0.1) is 0 Å². The third-order valence-electron chi connectivity index (χ3n) is 1.61. The Hall–Kier alpha value is -0.790. The first-order valence-electron chi connectivity index (χ1n) is 3.29. The average molecular weight is 125 g/mol. The van der Waals surface area contributed by atoms with Gasteiger partial charge in [-0.3, -0.25) is 4.79 Å². The van der Waals surface area contributed by atoms with Gasteiger partial charge in [-0.15, -0.1) is 0 Å². The van der Waals surface area contributed by atoms with Crippen LogP contribution in [0.3, 0.4) is 0 Å². The molecule has 1 aliphatic rings. The maximum Gasteiger partial charge on any atom is 0.244 e. The molecule has 9 heavy (non-hydrogen) atoms. The molecule has 0 atom stereocenters. The fraction of sp³-hybridized carbons (Fsp3) is 0.571. The van der Waals surface area contributed by atoms with Crippen molar-refractivity contribution in [2.75, 3.05) is 0 Å². The van der Waals surface area contributed by atoms with Gasteiger partial charge in [0.05, 0.1) is 0 Å². The first kappa shape index (κ1) is 6.33. The van der Waals surface area contributed by atoms with Gasteiger partial charge in [0.15, 0.2) is 0 Å². The van der Waals surface area contributed by atoms with Crippen molar-refractivity contribution in [3.8, 4) is 0 Å². The molecule has 0 unspecified atom stereocenters. The highest BCUT2D eigenvalue weighted by atomic mass is 16.1. The van der Waals surface area contributed by atoms with E-state index in [-0.39, 0.29) is 5.91 Å². The molecular formula is C7H11NO. The Kier molecular flexibility index (Phi) is 1.88. The summed E-state index contributed by atoms with van der Waals surface area (Å²) in [4.78, 5) is 10.5. The van der Waals surface area contributed by atoms with Gasteiger partial charge >= 0.3 is 0 Å². The number of nitrogens with two attached hydrogens (primary N) is 1. The fourth-order valence-corrected chi connectivity index (χ4v) is 1.06. The average Bonchev–Trinajstić information content (AvgIpc) is 1.90. The van der Waals surface area contributed by atoms with Crippen molar-refractivity contribution in [1.29, 1.82) is 0 Å². The zero-order valence-electron chi connectivity index (χ0n) is 5.39. The number of amides is 1. The van der Waals surface area contributed by atoms with E-state index in [2.05, 4.69) is 0 Å². The highest BCUT2D eigenvalue weighted by molar-refractivity contribution is 5.91. The molecule has 0 radical (unpaired) electrons. The number of primary amides is 1. The minimum Gasteiger partial charge on any atom is -0.366 e. The van der Waals surface area contributed by atoms with E-state index in [1.165, 1.54) is 6.42 Å². The van der Waals surface area contributed by atoms with Crippen molar-refractivity contribution in [3.63, 3.8) is 0 Å². The van der Waals surface area contributed by atoms with Gasteiger partial charge in [0, 0.05) is 5.57 Å². The summed E-state index contributed by atoms with van der Waals surface area (Å²) in [5.74, 6) is -0.241. The number of carbonyl (C=O) groups is 1. The lowest BCUT2D eigenvalue weighted by molar-refractivity contribution is -0.114. The Morgan fingerprint density at radius 2 is 2.33 bits per heavy atom. The number of allylic oxidation sites excluding steroid dienone is 1. The van der Waals surface area contributed by atoms with Crippen LogP contribution in [0.15, 0.2) is 11.6 Å². The summed E-state index contributed by atoms with van der Waals surface area (Å²) < 4.78 is 0. The molecule has 0 fully saturated rings. The zero-order chi connectivity index (χ0) is 6.69. The second-order valence-electron chi connectivity index (χ2n) is 2.34. The summed E-state index contributed by atoms with van der Waals surface area (Å²) in [7, 11) is 0. The van der Waals surface area contributed by atoms with Crippen LogP contribution in [-0.4, -0.2) is 5.91 Å². The summed E-state index contributed by atoms with van der Waals surface area (Å²) in [5, 5.41) is 0. The predicted octanol–water partition coefficient (Wildman–Crippen LogP) is 0.972. The van der Waals surface area contributed by atoms with Gasteiger partial charge in [-0.25, -0.2) is 0 Å². The number of hydrogen-bond acceptors (Lipinski definition) is 1. The van der Waals surface area contributed by atoms with Crippen LogP contribution in [0.4, 0.5) is 0 Å². The third kappa shape index (κ3) is 1.56. The van der Waals surface area contributed by atoms with Crippen LogP contribution in [0.25, 0.3) is 0 Å². The minimum absolute atomic E-state index is 0.241. The van der Waals surface area contributed by atoms with Crippen molar-refractivity contribution in [3.05, 3.63) is 11.6 Å². The molecule has 50 valence electrons. The van der Waals surface area contributed by atoms with Gasteiger partial charge in [0.2, 0.25) is 5.91 Å². The van der Waals surface area contributed by atoms with Crippen molar-refractivity contribution in [2.24, 2.45) is 5.73 Å². The smallest absolute Gasteiger partial charge is 0.244 e. The van der Waals surface area contributed by atoms with Crippen LogP contribution in [-0.2, 0) is 4.79 Å². The van der Waals surface area contributed by atoms with Gasteiger partial charge in [-0.2, -0.15) is 0 Å². The van der Waals surface area contributed by atoms with Crippen molar-refractivity contribution >= 4 is 5.91 Å². The molecule has 0 bridgehead atoms. The molecule has 0 saturated heterocycles. The monoisotopic (exact) mass is 125 g/mol. The molecule has 2 N–H and O–H groups in total. The van der Waals surface area contributed by atoms with Gasteiger partial charge in [-0.1, -0.05) is 6.08 Å². The second kappa shape index (κ2) is 2.67. The van der Waals surface area contributed by atoms with E-state index in [0.29, 0.717) is 0 Å². The molecule has 1 amide bonds. The van der Waals surface area contributed by atoms with E-state index in [1.54, 1.807) is 0 Å². The Morgan fingerprint density at radius 1 is 1.56 bits per heavy atom. The molecular weight excluding hydrogens is 114 g/mol. The molecule has 0 aromatic rings. The summed E-state index contributed by atoms with van der Waals surface area (Å²) in [6.07, 6.45) is 6.19. The Bertz CT molecular complexity index is 149. The van der Waals surface area contributed by atoms with Crippen LogP contribution >= 0.6 is 0 Å². The van der Waals surface area contributed by atoms with E-state index in [9.17, 15) is 4.79 Å². The number of carbonyl (C=O) groups excluding carboxylic acids is 1. The lowest BCUT2D eigenvalue weighted by atomic mass is 9.99. The van der Waals surface area contributed by atoms with Crippen LogP contribution in [0.1, 0.15) is 25.7 Å². The van der Waals surface area contributed by atoms with Crippen molar-refractivity contribution in [2.45, 2.75) is 25.7 Å². The first-order chi connectivity index (χ1) is 4.30. The molecule has 0 aliphatic heterocycles. The van der Waals surface area contributed by atoms with E-state index in [4.69, 9.17) is 5.73 Å². The SMILES string of the molecule is NC(=O)C1=CCCCC1. The standard InChI is InChI=1S/C7H11NO/c8-7(9)6-4-2-1-3-5-6/h4H,1-3,5H2,(H2,8,9). The quantitative estimate of drug-likeness (QED) is 0.557. The lowest BCUT2D eigenvalue weighted by Crippen LogP contribution is -2.15. The molecule has 0 aromatic carbocycles. The van der Waals surface area contributed by atoms with Gasteiger partial charge in [-0.05, 0) is 25.7 Å². The van der Waals surface area contributed by atoms with Crippen LogP contribution < -0.4 is 5.73 Å². The summed E-state index contributed by atoms with van der Waals surface area (Å²) in [6.45, 7) is 0. The summed E-state index contributed by atoms with van der Waals surface area (Å²) in [5.41, 5.74) is 5.88. The maximum absolute atomic E-state index is 10.5. The third-order valence-corrected chi connectivity index (χ3v) is 1.61. The molecule has 0 spiro atoms. The highest BCUT2D eigenvalue weighted by Crippen LogP contribution is 2.16. The van der Waals surface area contributed by atoms with E-state index < -0.39 is 0 Å². The molecule has 0 saturated carbocycles.